The molecule has 0 spiro atoms. The molecule has 0 aliphatic heterocycles. The van der Waals surface area contributed by atoms with E-state index >= 15 is 0 Å². The second-order valence-corrected chi connectivity index (χ2v) is 8.39. The Kier molecular flexibility index (Phi) is 4.27. The monoisotopic (exact) mass is 391 g/mol. The van der Waals surface area contributed by atoms with Gasteiger partial charge in [-0.15, -0.1) is 11.3 Å². The standard InChI is InChI=1S/C20H21N7S/c1-12(2)27-11-13(9-23-27)24-19-17-14-5-3-4-6-16(14)28-20(17)26-18(25-19)15-10-21-7-8-22-15/h7-12H,3-6H2,1-2H3,(H,24,25,26). The van der Waals surface area contributed by atoms with Crippen molar-refractivity contribution in [1.82, 2.24) is 29.7 Å². The zero-order valence-electron chi connectivity index (χ0n) is 15.9. The first-order valence-corrected chi connectivity index (χ1v) is 10.4. The lowest BCUT2D eigenvalue weighted by molar-refractivity contribution is 0.532. The molecule has 4 aromatic heterocycles. The van der Waals surface area contributed by atoms with Gasteiger partial charge in [0.15, 0.2) is 5.82 Å². The molecular weight excluding hydrogens is 370 g/mol. The molecule has 0 unspecified atom stereocenters. The van der Waals surface area contributed by atoms with Crippen LogP contribution in [0.3, 0.4) is 0 Å². The smallest absolute Gasteiger partial charge is 0.183 e. The molecule has 7 nitrogen and oxygen atoms in total. The van der Waals surface area contributed by atoms with Crippen LogP contribution in [0.4, 0.5) is 11.5 Å². The van der Waals surface area contributed by atoms with E-state index < -0.39 is 0 Å². The van der Waals surface area contributed by atoms with Crippen LogP contribution in [-0.2, 0) is 12.8 Å². The average molecular weight is 392 g/mol. The summed E-state index contributed by atoms with van der Waals surface area (Å²) in [6, 6.07) is 0.310. The SMILES string of the molecule is CC(C)n1cc(Nc2nc(-c3cnccn3)nc3sc4c(c23)CCCC4)cn1. The van der Waals surface area contributed by atoms with Gasteiger partial charge >= 0.3 is 0 Å². The maximum atomic E-state index is 4.85. The molecule has 4 heterocycles. The lowest BCUT2D eigenvalue weighted by Gasteiger charge is -2.12. The van der Waals surface area contributed by atoms with Gasteiger partial charge in [-0.1, -0.05) is 0 Å². The molecule has 0 saturated carbocycles. The average Bonchev–Trinajstić information content (AvgIpc) is 3.33. The molecule has 5 rings (SSSR count). The topological polar surface area (TPSA) is 81.4 Å². The first kappa shape index (κ1) is 17.2. The van der Waals surface area contributed by atoms with E-state index in [1.54, 1.807) is 29.9 Å². The Morgan fingerprint density at radius 1 is 1.11 bits per heavy atom. The molecule has 0 saturated heterocycles. The fourth-order valence-corrected chi connectivity index (χ4v) is 4.86. The molecule has 0 atom stereocenters. The number of rotatable bonds is 4. The van der Waals surface area contributed by atoms with Gasteiger partial charge in [0.1, 0.15) is 16.3 Å². The number of aromatic nitrogens is 6. The number of aryl methyl sites for hydroxylation is 2. The first-order chi connectivity index (χ1) is 13.7. The van der Waals surface area contributed by atoms with Crippen molar-refractivity contribution < 1.29 is 0 Å². The summed E-state index contributed by atoms with van der Waals surface area (Å²) in [5, 5.41) is 9.07. The van der Waals surface area contributed by atoms with E-state index in [4.69, 9.17) is 9.97 Å². The number of nitrogens with zero attached hydrogens (tertiary/aromatic N) is 6. The van der Waals surface area contributed by atoms with Gasteiger partial charge in [0.2, 0.25) is 0 Å². The minimum Gasteiger partial charge on any atom is -0.337 e. The Labute approximate surface area is 166 Å². The van der Waals surface area contributed by atoms with Crippen LogP contribution in [0.2, 0.25) is 0 Å². The fourth-order valence-electron chi connectivity index (χ4n) is 3.60. The predicted molar refractivity (Wildman–Crippen MR) is 111 cm³/mol. The Morgan fingerprint density at radius 3 is 2.79 bits per heavy atom. The maximum Gasteiger partial charge on any atom is 0.183 e. The Balaban J connectivity index is 1.66. The van der Waals surface area contributed by atoms with E-state index in [9.17, 15) is 0 Å². The highest BCUT2D eigenvalue weighted by Crippen LogP contribution is 2.40. The summed E-state index contributed by atoms with van der Waals surface area (Å²) >= 11 is 1.78. The van der Waals surface area contributed by atoms with Crippen molar-refractivity contribution in [3.05, 3.63) is 41.4 Å². The van der Waals surface area contributed by atoms with E-state index in [1.807, 2.05) is 17.1 Å². The molecule has 0 aromatic carbocycles. The zero-order chi connectivity index (χ0) is 19.1. The van der Waals surface area contributed by atoms with E-state index in [0.717, 1.165) is 34.6 Å². The quantitative estimate of drug-likeness (QED) is 0.550. The van der Waals surface area contributed by atoms with Crippen molar-refractivity contribution in [2.45, 2.75) is 45.6 Å². The van der Waals surface area contributed by atoms with Gasteiger partial charge in [-0.3, -0.25) is 9.67 Å². The molecule has 0 fully saturated rings. The van der Waals surface area contributed by atoms with Crippen molar-refractivity contribution >= 4 is 33.1 Å². The number of thiophene rings is 1. The highest BCUT2D eigenvalue weighted by Gasteiger charge is 2.22. The van der Waals surface area contributed by atoms with Gasteiger partial charge < -0.3 is 5.32 Å². The van der Waals surface area contributed by atoms with E-state index in [2.05, 4.69) is 34.2 Å². The molecule has 1 N–H and O–H groups in total. The number of nitrogens with one attached hydrogen (secondary N) is 1. The lowest BCUT2D eigenvalue weighted by Crippen LogP contribution is -2.03. The summed E-state index contributed by atoms with van der Waals surface area (Å²) in [4.78, 5) is 20.7. The van der Waals surface area contributed by atoms with E-state index in [-0.39, 0.29) is 0 Å². The third-order valence-electron chi connectivity index (χ3n) is 5.00. The van der Waals surface area contributed by atoms with Gasteiger partial charge in [-0.05, 0) is 45.1 Å². The maximum absolute atomic E-state index is 4.85. The normalized spacial score (nSPS) is 13.8. The minimum atomic E-state index is 0.310. The molecule has 0 radical (unpaired) electrons. The third-order valence-corrected chi connectivity index (χ3v) is 6.19. The number of hydrogen-bond acceptors (Lipinski definition) is 7. The highest BCUT2D eigenvalue weighted by molar-refractivity contribution is 7.19. The molecule has 0 amide bonds. The van der Waals surface area contributed by atoms with Crippen molar-refractivity contribution in [3.8, 4) is 11.5 Å². The van der Waals surface area contributed by atoms with Crippen LogP contribution in [0, 0.1) is 0 Å². The second-order valence-electron chi connectivity index (χ2n) is 7.31. The molecule has 1 aliphatic carbocycles. The Bertz CT molecular complexity index is 1130. The second kappa shape index (κ2) is 6.94. The van der Waals surface area contributed by atoms with Crippen LogP contribution >= 0.6 is 11.3 Å². The van der Waals surface area contributed by atoms with Gasteiger partial charge in [-0.2, -0.15) is 5.10 Å². The third kappa shape index (κ3) is 3.03. The van der Waals surface area contributed by atoms with Crippen LogP contribution in [0.1, 0.15) is 43.2 Å². The van der Waals surface area contributed by atoms with Crippen LogP contribution in [0.15, 0.2) is 31.0 Å². The molecule has 28 heavy (non-hydrogen) atoms. The summed E-state index contributed by atoms with van der Waals surface area (Å²) in [6.45, 7) is 4.22. The minimum absolute atomic E-state index is 0.310. The summed E-state index contributed by atoms with van der Waals surface area (Å²) in [7, 11) is 0. The number of anilines is 2. The largest absolute Gasteiger partial charge is 0.337 e. The Hall–Kier alpha value is -2.87. The van der Waals surface area contributed by atoms with Crippen LogP contribution < -0.4 is 5.32 Å². The van der Waals surface area contributed by atoms with Crippen molar-refractivity contribution in [3.63, 3.8) is 0 Å². The number of fused-ring (bicyclic) bond motifs is 3. The summed E-state index contributed by atoms with van der Waals surface area (Å²) in [5.41, 5.74) is 3.00. The molecule has 142 valence electrons. The molecule has 1 aliphatic rings. The van der Waals surface area contributed by atoms with Crippen LogP contribution in [-0.4, -0.2) is 29.7 Å². The van der Waals surface area contributed by atoms with Crippen molar-refractivity contribution in [2.75, 3.05) is 5.32 Å². The van der Waals surface area contributed by atoms with Gasteiger partial charge in [0.25, 0.3) is 0 Å². The molecule has 0 bridgehead atoms. The van der Waals surface area contributed by atoms with E-state index in [1.165, 1.54) is 23.3 Å². The molecule has 4 aromatic rings. The number of hydrogen-bond donors (Lipinski definition) is 1. The van der Waals surface area contributed by atoms with Crippen LogP contribution in [0.5, 0.6) is 0 Å². The van der Waals surface area contributed by atoms with Crippen molar-refractivity contribution in [1.29, 1.82) is 0 Å². The Morgan fingerprint density at radius 2 is 2.00 bits per heavy atom. The fraction of sp³-hybridized carbons (Fsp3) is 0.350. The summed E-state index contributed by atoms with van der Waals surface area (Å²) < 4.78 is 1.94. The van der Waals surface area contributed by atoms with Gasteiger partial charge in [-0.25, -0.2) is 15.0 Å². The van der Waals surface area contributed by atoms with Gasteiger partial charge in [0, 0.05) is 29.5 Å². The van der Waals surface area contributed by atoms with Crippen LogP contribution in [0.25, 0.3) is 21.7 Å². The first-order valence-electron chi connectivity index (χ1n) is 9.59. The predicted octanol–water partition coefficient (Wildman–Crippen LogP) is 4.55. The summed E-state index contributed by atoms with van der Waals surface area (Å²) in [6.07, 6.45) is 13.6. The molecular formula is C20H21N7S. The highest BCUT2D eigenvalue weighted by atomic mass is 32.1. The lowest BCUT2D eigenvalue weighted by atomic mass is 9.97. The summed E-state index contributed by atoms with van der Waals surface area (Å²) in [5.74, 6) is 1.42. The zero-order valence-corrected chi connectivity index (χ0v) is 16.7. The van der Waals surface area contributed by atoms with Crippen molar-refractivity contribution in [2.24, 2.45) is 0 Å². The van der Waals surface area contributed by atoms with Gasteiger partial charge in [0.05, 0.1) is 23.5 Å². The van der Waals surface area contributed by atoms with E-state index in [0.29, 0.717) is 17.6 Å². The molecule has 8 heteroatoms.